The lowest BCUT2D eigenvalue weighted by Gasteiger charge is -2.41. The number of nitrogens with one attached hydrogen (secondary N) is 1. The van der Waals surface area contributed by atoms with Crippen molar-refractivity contribution < 1.29 is 48.1 Å². The number of methoxy groups -OCH3 is 2. The minimum atomic E-state index is -1.04. The molecule has 1 aliphatic rings. The first-order valence-corrected chi connectivity index (χ1v) is 24.2. The molecule has 14 heteroatoms. The van der Waals surface area contributed by atoms with Gasteiger partial charge in [0.05, 0.1) is 42.7 Å². The zero-order valence-electron chi connectivity index (χ0n) is 41.8. The van der Waals surface area contributed by atoms with Gasteiger partial charge in [0.2, 0.25) is 23.6 Å². The molecule has 4 amide bonds. The Labute approximate surface area is 390 Å². The smallest absolute Gasteiger partial charge is 0.307 e. The van der Waals surface area contributed by atoms with Crippen LogP contribution < -0.4 is 5.32 Å². The Kier molecular flexibility index (Phi) is 25.2. The lowest BCUT2D eigenvalue weighted by molar-refractivity contribution is -0.150. The first-order valence-electron chi connectivity index (χ1n) is 24.2. The zero-order chi connectivity index (χ0) is 49.0. The molecule has 0 spiro atoms. The Morgan fingerprint density at radius 3 is 2.03 bits per heavy atom. The van der Waals surface area contributed by atoms with Gasteiger partial charge in [-0.15, -0.1) is 0 Å². The quantitative estimate of drug-likeness (QED) is 0.0737. The summed E-state index contributed by atoms with van der Waals surface area (Å²) in [6, 6.07) is 7.52. The lowest BCUT2D eigenvalue weighted by Crippen LogP contribution is -2.54. The summed E-state index contributed by atoms with van der Waals surface area (Å²) in [5, 5.41) is 12.9. The van der Waals surface area contributed by atoms with Gasteiger partial charge in [-0.2, -0.15) is 0 Å². The monoisotopic (exact) mass is 913 g/mol. The van der Waals surface area contributed by atoms with E-state index in [1.54, 1.807) is 30.8 Å². The van der Waals surface area contributed by atoms with Crippen molar-refractivity contribution in [3.63, 3.8) is 0 Å². The number of amides is 4. The van der Waals surface area contributed by atoms with Gasteiger partial charge in [-0.1, -0.05) is 105 Å². The predicted octanol–water partition coefficient (Wildman–Crippen LogP) is 7.00. The number of nitrogens with zero attached hydrogens (tertiary/aromatic N) is 3. The van der Waals surface area contributed by atoms with Crippen molar-refractivity contribution in [2.75, 3.05) is 41.4 Å². The van der Waals surface area contributed by atoms with Crippen molar-refractivity contribution in [1.29, 1.82) is 0 Å². The summed E-state index contributed by atoms with van der Waals surface area (Å²) in [4.78, 5) is 99.6. The number of likely N-dealkylation sites (N-methyl/N-ethyl adjacent to an activating group) is 2. The van der Waals surface area contributed by atoms with Gasteiger partial charge in [0, 0.05) is 78.9 Å². The SMILES string of the molecule is CCCCCNC(=O)CCCC(=O)N(C)[C@H](C(=O)C[C@H](C(=O)N(C)C([C@@H](C)CC)[C@@H](CC(=O)N1CCC[C@H]1[C@H](OC)[C@@H](C)C(=O)C[C@@H](Cc1ccccc1)C(=O)O)OC)C(C)C)C(C)C. The molecule has 0 bridgehead atoms. The normalized spacial score (nSPS) is 17.7. The van der Waals surface area contributed by atoms with Crippen LogP contribution in [0.25, 0.3) is 0 Å². The number of ketones is 2. The number of rotatable bonds is 31. The number of likely N-dealkylation sites (tertiary alicyclic amines) is 1. The topological polar surface area (TPSA) is 180 Å². The van der Waals surface area contributed by atoms with Crippen LogP contribution in [0.15, 0.2) is 30.3 Å². The summed E-state index contributed by atoms with van der Waals surface area (Å²) in [6.07, 6.45) is 4.33. The molecule has 0 saturated carbocycles. The molecule has 1 heterocycles. The molecule has 0 aromatic heterocycles. The van der Waals surface area contributed by atoms with Crippen LogP contribution in [0.1, 0.15) is 138 Å². The molecule has 1 aromatic rings. The van der Waals surface area contributed by atoms with Gasteiger partial charge in [0.1, 0.15) is 5.78 Å². The van der Waals surface area contributed by atoms with E-state index in [4.69, 9.17) is 9.47 Å². The fourth-order valence-corrected chi connectivity index (χ4v) is 9.58. The maximum absolute atomic E-state index is 14.6. The average molecular weight is 913 g/mol. The van der Waals surface area contributed by atoms with Crippen molar-refractivity contribution in [1.82, 2.24) is 20.0 Å². The number of carboxylic acids is 1. The largest absolute Gasteiger partial charge is 0.481 e. The van der Waals surface area contributed by atoms with Gasteiger partial charge in [-0.3, -0.25) is 33.6 Å². The fourth-order valence-electron chi connectivity index (χ4n) is 9.58. The molecule has 9 atom stereocenters. The summed E-state index contributed by atoms with van der Waals surface area (Å²) in [5.74, 6) is -5.05. The summed E-state index contributed by atoms with van der Waals surface area (Å²) < 4.78 is 12.0. The molecule has 368 valence electrons. The van der Waals surface area contributed by atoms with Crippen molar-refractivity contribution in [2.24, 2.45) is 35.5 Å². The average Bonchev–Trinajstić information content (AvgIpc) is 3.76. The minimum Gasteiger partial charge on any atom is -0.481 e. The number of Topliss-reactive ketones (excluding diaryl/α,β-unsaturated/α-hetero) is 2. The summed E-state index contributed by atoms with van der Waals surface area (Å²) in [6.45, 7) is 16.5. The molecule has 1 unspecified atom stereocenters. The van der Waals surface area contributed by atoms with E-state index in [0.717, 1.165) is 24.8 Å². The van der Waals surface area contributed by atoms with E-state index in [-0.39, 0.29) is 91.5 Å². The first kappa shape index (κ1) is 57.0. The van der Waals surface area contributed by atoms with Gasteiger partial charge in [-0.05, 0) is 55.4 Å². The van der Waals surface area contributed by atoms with E-state index in [9.17, 15) is 38.7 Å². The third-order valence-corrected chi connectivity index (χ3v) is 13.7. The molecular weight excluding hydrogens is 829 g/mol. The number of carbonyl (C=O) groups is 7. The summed E-state index contributed by atoms with van der Waals surface area (Å²) in [5.41, 5.74) is 0.833. The fraction of sp³-hybridized carbons (Fsp3) is 0.745. The molecule has 65 heavy (non-hydrogen) atoms. The number of aliphatic carboxylic acids is 1. The number of hydrogen-bond acceptors (Lipinski definition) is 9. The molecule has 2 rings (SSSR count). The van der Waals surface area contributed by atoms with E-state index in [0.29, 0.717) is 38.8 Å². The Morgan fingerprint density at radius 2 is 1.48 bits per heavy atom. The summed E-state index contributed by atoms with van der Waals surface area (Å²) >= 11 is 0. The van der Waals surface area contributed by atoms with Gasteiger partial charge in [-0.25, -0.2) is 0 Å². The summed E-state index contributed by atoms with van der Waals surface area (Å²) in [7, 11) is 6.37. The molecule has 14 nitrogen and oxygen atoms in total. The molecule has 1 fully saturated rings. The van der Waals surface area contributed by atoms with Crippen molar-refractivity contribution in [3.8, 4) is 0 Å². The van der Waals surface area contributed by atoms with Crippen LogP contribution in [0.3, 0.4) is 0 Å². The second-order valence-electron chi connectivity index (χ2n) is 19.1. The highest BCUT2D eigenvalue weighted by molar-refractivity contribution is 5.93. The Hall–Kier alpha value is -4.17. The highest BCUT2D eigenvalue weighted by Gasteiger charge is 2.44. The molecule has 1 aromatic carbocycles. The second-order valence-corrected chi connectivity index (χ2v) is 19.1. The number of benzene rings is 1. The third-order valence-electron chi connectivity index (χ3n) is 13.7. The number of hydrogen-bond donors (Lipinski definition) is 2. The maximum Gasteiger partial charge on any atom is 0.307 e. The molecule has 2 N–H and O–H groups in total. The van der Waals surface area contributed by atoms with Gasteiger partial charge in [0.25, 0.3) is 0 Å². The highest BCUT2D eigenvalue weighted by atomic mass is 16.5. The molecule has 1 saturated heterocycles. The van der Waals surface area contributed by atoms with E-state index >= 15 is 0 Å². The van der Waals surface area contributed by atoms with Crippen LogP contribution in [0, 0.1) is 35.5 Å². The number of ether oxygens (including phenoxy) is 2. The van der Waals surface area contributed by atoms with Gasteiger partial charge >= 0.3 is 5.97 Å². The number of carboxylic acid groups (broad SMARTS) is 1. The van der Waals surface area contributed by atoms with E-state index in [1.165, 1.54) is 19.1 Å². The van der Waals surface area contributed by atoms with Crippen LogP contribution in [-0.4, -0.2) is 133 Å². The van der Waals surface area contributed by atoms with Crippen LogP contribution >= 0.6 is 0 Å². The van der Waals surface area contributed by atoms with Crippen molar-refractivity contribution in [3.05, 3.63) is 35.9 Å². The highest BCUT2D eigenvalue weighted by Crippen LogP contribution is 2.32. The van der Waals surface area contributed by atoms with Gasteiger partial charge < -0.3 is 34.6 Å². The Bertz CT molecular complexity index is 1670. The van der Waals surface area contributed by atoms with Crippen LogP contribution in [0.2, 0.25) is 0 Å². The van der Waals surface area contributed by atoms with E-state index in [2.05, 4.69) is 12.2 Å². The van der Waals surface area contributed by atoms with Crippen LogP contribution in [0.4, 0.5) is 0 Å². The van der Waals surface area contributed by atoms with Crippen molar-refractivity contribution >= 4 is 41.2 Å². The van der Waals surface area contributed by atoms with Gasteiger partial charge in [0.15, 0.2) is 5.78 Å². The molecule has 1 aliphatic heterocycles. The molecule has 0 aliphatic carbocycles. The predicted molar refractivity (Wildman–Crippen MR) is 253 cm³/mol. The molecule has 0 radical (unpaired) electrons. The maximum atomic E-state index is 14.6. The minimum absolute atomic E-state index is 0.0370. The Morgan fingerprint density at radius 1 is 0.815 bits per heavy atom. The zero-order valence-corrected chi connectivity index (χ0v) is 41.8. The van der Waals surface area contributed by atoms with Crippen LogP contribution in [0.5, 0.6) is 0 Å². The second kappa shape index (κ2) is 28.8. The number of carbonyl (C=O) groups excluding carboxylic acids is 6. The lowest BCUT2D eigenvalue weighted by atomic mass is 9.83. The molecular formula is C51H84N4O10. The first-order chi connectivity index (χ1) is 30.7. The van der Waals surface area contributed by atoms with E-state index in [1.807, 2.05) is 71.9 Å². The standard InChI is InChI=1S/C51H84N4O10/c1-13-15-19-27-52-44(58)25-20-26-45(59)53(9)47(34(5)6)42(57)31-39(33(3)4)50(61)54(10)48(35(7)14-2)43(64-11)32-46(60)55-28-21-24-40(55)49(65-12)36(8)41(56)30-38(51(62)63)29-37-22-17-16-18-23-37/h16-18,22-23,33-36,38-40,43,47-49H,13-15,19-21,24-32H2,1-12H3,(H,52,58)(H,62,63)/t35-,36-,38+,39-,40-,43+,47-,48?,49+/m0/s1. The Balaban J connectivity index is 2.22. The van der Waals surface area contributed by atoms with Crippen LogP contribution in [-0.2, 0) is 49.5 Å². The third kappa shape index (κ3) is 17.2. The van der Waals surface area contributed by atoms with Crippen molar-refractivity contribution in [2.45, 2.75) is 169 Å². The number of unbranched alkanes of at least 4 members (excludes halogenated alkanes) is 2. The van der Waals surface area contributed by atoms with E-state index < -0.39 is 54.1 Å².